The van der Waals surface area contributed by atoms with Crippen LogP contribution in [0.4, 0.5) is 0 Å². The molecule has 0 bridgehead atoms. The number of piperazine rings is 1. The smallest absolute Gasteiger partial charge is 0.0250 e. The van der Waals surface area contributed by atoms with Crippen LogP contribution in [0.3, 0.4) is 0 Å². The van der Waals surface area contributed by atoms with E-state index in [0.717, 1.165) is 24.9 Å². The Labute approximate surface area is 107 Å². The fourth-order valence-electron chi connectivity index (χ4n) is 2.84. The lowest BCUT2D eigenvalue weighted by molar-refractivity contribution is 0.0975. The van der Waals surface area contributed by atoms with Gasteiger partial charge in [0.15, 0.2) is 0 Å². The summed E-state index contributed by atoms with van der Waals surface area (Å²) in [6, 6.07) is 1.34. The van der Waals surface area contributed by atoms with E-state index in [-0.39, 0.29) is 0 Å². The van der Waals surface area contributed by atoms with Crippen molar-refractivity contribution < 1.29 is 0 Å². The minimum atomic E-state index is 0.662. The van der Waals surface area contributed by atoms with Crippen LogP contribution in [0.2, 0.25) is 0 Å². The van der Waals surface area contributed by atoms with E-state index < -0.39 is 0 Å². The molecular weight excluding hydrogens is 208 g/mol. The van der Waals surface area contributed by atoms with Crippen LogP contribution < -0.4 is 5.32 Å². The van der Waals surface area contributed by atoms with Crippen molar-refractivity contribution in [2.24, 2.45) is 11.8 Å². The second-order valence-electron chi connectivity index (χ2n) is 5.93. The van der Waals surface area contributed by atoms with Gasteiger partial charge < -0.3 is 5.32 Å². The molecule has 17 heavy (non-hydrogen) atoms. The van der Waals surface area contributed by atoms with Crippen molar-refractivity contribution in [2.75, 3.05) is 19.6 Å². The number of hydrogen-bond donors (Lipinski definition) is 1. The van der Waals surface area contributed by atoms with Gasteiger partial charge in [0, 0.05) is 31.7 Å². The SMILES string of the molecule is C=CCN1CC(CC(C)C)NCC1C(C)CC. The fourth-order valence-corrected chi connectivity index (χ4v) is 2.84. The third-order valence-electron chi connectivity index (χ3n) is 3.96. The van der Waals surface area contributed by atoms with Crippen molar-refractivity contribution in [1.82, 2.24) is 10.2 Å². The van der Waals surface area contributed by atoms with Crippen molar-refractivity contribution in [3.63, 3.8) is 0 Å². The van der Waals surface area contributed by atoms with E-state index in [2.05, 4.69) is 44.5 Å². The molecule has 0 aromatic heterocycles. The Bertz CT molecular complexity index is 225. The molecule has 0 amide bonds. The van der Waals surface area contributed by atoms with Crippen LogP contribution in [-0.4, -0.2) is 36.6 Å². The Morgan fingerprint density at radius 2 is 2.12 bits per heavy atom. The molecule has 100 valence electrons. The van der Waals surface area contributed by atoms with Crippen molar-refractivity contribution in [2.45, 2.75) is 52.6 Å². The molecule has 0 aromatic rings. The summed E-state index contributed by atoms with van der Waals surface area (Å²) in [6.45, 7) is 16.5. The van der Waals surface area contributed by atoms with Gasteiger partial charge in [-0.25, -0.2) is 0 Å². The van der Waals surface area contributed by atoms with Crippen LogP contribution in [0.5, 0.6) is 0 Å². The highest BCUT2D eigenvalue weighted by atomic mass is 15.2. The minimum absolute atomic E-state index is 0.662. The molecular formula is C15H30N2. The second kappa shape index (κ2) is 7.17. The Balaban J connectivity index is 2.57. The van der Waals surface area contributed by atoms with Gasteiger partial charge in [-0.1, -0.05) is 40.2 Å². The van der Waals surface area contributed by atoms with Gasteiger partial charge >= 0.3 is 0 Å². The van der Waals surface area contributed by atoms with Gasteiger partial charge in [0.05, 0.1) is 0 Å². The summed E-state index contributed by atoms with van der Waals surface area (Å²) >= 11 is 0. The highest BCUT2D eigenvalue weighted by Crippen LogP contribution is 2.20. The molecule has 3 atom stereocenters. The van der Waals surface area contributed by atoms with Gasteiger partial charge in [-0.2, -0.15) is 0 Å². The summed E-state index contributed by atoms with van der Waals surface area (Å²) in [5, 5.41) is 3.73. The molecule has 0 aromatic carbocycles. The zero-order valence-corrected chi connectivity index (χ0v) is 12.1. The summed E-state index contributed by atoms with van der Waals surface area (Å²) in [4.78, 5) is 2.62. The second-order valence-corrected chi connectivity index (χ2v) is 5.93. The molecule has 1 fully saturated rings. The lowest BCUT2D eigenvalue weighted by Crippen LogP contribution is -2.58. The third kappa shape index (κ3) is 4.44. The molecule has 1 saturated heterocycles. The van der Waals surface area contributed by atoms with Crippen molar-refractivity contribution >= 4 is 0 Å². The summed E-state index contributed by atoms with van der Waals surface area (Å²) in [5.41, 5.74) is 0. The first-order chi connectivity index (χ1) is 8.08. The standard InChI is InChI=1S/C15H30N2/c1-6-8-17-11-14(9-12(3)4)16-10-15(17)13(5)7-2/h6,12-16H,1,7-11H2,2-5H3. The van der Waals surface area contributed by atoms with Crippen molar-refractivity contribution in [1.29, 1.82) is 0 Å². The first kappa shape index (κ1) is 14.7. The number of hydrogen-bond acceptors (Lipinski definition) is 2. The quantitative estimate of drug-likeness (QED) is 0.716. The summed E-state index contributed by atoms with van der Waals surface area (Å²) < 4.78 is 0. The predicted octanol–water partition coefficient (Wildman–Crippen LogP) is 2.91. The Kier molecular flexibility index (Phi) is 6.21. The zero-order chi connectivity index (χ0) is 12.8. The van der Waals surface area contributed by atoms with Crippen molar-refractivity contribution in [3.8, 4) is 0 Å². The Hall–Kier alpha value is -0.340. The highest BCUT2D eigenvalue weighted by molar-refractivity contribution is 4.91. The molecule has 2 heteroatoms. The maximum atomic E-state index is 3.90. The van der Waals surface area contributed by atoms with Gasteiger partial charge in [0.1, 0.15) is 0 Å². The van der Waals surface area contributed by atoms with Crippen LogP contribution in [0, 0.1) is 11.8 Å². The lowest BCUT2D eigenvalue weighted by atomic mass is 9.92. The average molecular weight is 238 g/mol. The predicted molar refractivity (Wildman–Crippen MR) is 76.3 cm³/mol. The molecule has 1 aliphatic rings. The molecule has 1 rings (SSSR count). The van der Waals surface area contributed by atoms with E-state index in [1.807, 2.05) is 6.08 Å². The van der Waals surface area contributed by atoms with E-state index >= 15 is 0 Å². The molecule has 1 N–H and O–H groups in total. The molecule has 0 radical (unpaired) electrons. The summed E-state index contributed by atoms with van der Waals surface area (Å²) in [6.07, 6.45) is 4.59. The molecule has 1 aliphatic heterocycles. The van der Waals surface area contributed by atoms with E-state index in [1.165, 1.54) is 19.4 Å². The van der Waals surface area contributed by atoms with Gasteiger partial charge in [0.25, 0.3) is 0 Å². The van der Waals surface area contributed by atoms with Crippen LogP contribution >= 0.6 is 0 Å². The number of nitrogens with zero attached hydrogens (tertiary/aromatic N) is 1. The molecule has 0 spiro atoms. The van der Waals surface area contributed by atoms with Crippen LogP contribution in [0.25, 0.3) is 0 Å². The third-order valence-corrected chi connectivity index (χ3v) is 3.96. The van der Waals surface area contributed by atoms with Crippen molar-refractivity contribution in [3.05, 3.63) is 12.7 Å². The van der Waals surface area contributed by atoms with E-state index in [4.69, 9.17) is 0 Å². The highest BCUT2D eigenvalue weighted by Gasteiger charge is 2.29. The largest absolute Gasteiger partial charge is 0.311 e. The van der Waals surface area contributed by atoms with Crippen LogP contribution in [-0.2, 0) is 0 Å². The number of rotatable bonds is 6. The normalized spacial score (nSPS) is 28.3. The molecule has 0 aliphatic carbocycles. The van der Waals surface area contributed by atoms with Gasteiger partial charge in [-0.3, -0.25) is 4.90 Å². The molecule has 1 heterocycles. The van der Waals surface area contributed by atoms with E-state index in [9.17, 15) is 0 Å². The van der Waals surface area contributed by atoms with Gasteiger partial charge in [-0.15, -0.1) is 6.58 Å². The topological polar surface area (TPSA) is 15.3 Å². The lowest BCUT2D eigenvalue weighted by Gasteiger charge is -2.43. The fraction of sp³-hybridized carbons (Fsp3) is 0.867. The van der Waals surface area contributed by atoms with E-state index in [1.54, 1.807) is 0 Å². The van der Waals surface area contributed by atoms with Crippen LogP contribution in [0.15, 0.2) is 12.7 Å². The molecule has 2 nitrogen and oxygen atoms in total. The molecule has 3 unspecified atom stereocenters. The zero-order valence-electron chi connectivity index (χ0n) is 12.1. The molecule has 0 saturated carbocycles. The minimum Gasteiger partial charge on any atom is -0.311 e. The maximum absolute atomic E-state index is 3.90. The number of nitrogens with one attached hydrogen (secondary N) is 1. The first-order valence-electron chi connectivity index (χ1n) is 7.16. The summed E-state index contributed by atoms with van der Waals surface area (Å²) in [5.74, 6) is 1.54. The van der Waals surface area contributed by atoms with Gasteiger partial charge in [-0.05, 0) is 18.3 Å². The van der Waals surface area contributed by atoms with Crippen LogP contribution in [0.1, 0.15) is 40.5 Å². The monoisotopic (exact) mass is 238 g/mol. The Morgan fingerprint density at radius 1 is 1.41 bits per heavy atom. The summed E-state index contributed by atoms with van der Waals surface area (Å²) in [7, 11) is 0. The first-order valence-corrected chi connectivity index (χ1v) is 7.16. The van der Waals surface area contributed by atoms with Gasteiger partial charge in [0.2, 0.25) is 0 Å². The van der Waals surface area contributed by atoms with E-state index in [0.29, 0.717) is 12.1 Å². The average Bonchev–Trinajstić information content (AvgIpc) is 2.28. The Morgan fingerprint density at radius 3 is 2.65 bits per heavy atom. The maximum Gasteiger partial charge on any atom is 0.0250 e.